The standard InChI is InChI=1S/C19H28N6O9/c1-9(20)16(30)23-11(2-4-14(26)27)17(31)24-12(3-5-15(28)29)18(32)25-13(19(33)34)6-10-7-21-8-22-10/h7-9,11-13H,2-6,20H2,1H3,(H,21,22)(H,23,30)(H,24,31)(H,25,32)(H,26,27)(H,28,29)(H,33,34). The zero-order chi connectivity index (χ0) is 25.8. The first-order valence-corrected chi connectivity index (χ1v) is 10.2. The topological polar surface area (TPSA) is 254 Å². The van der Waals surface area contributed by atoms with Gasteiger partial charge >= 0.3 is 17.9 Å². The highest BCUT2D eigenvalue weighted by Gasteiger charge is 2.30. The van der Waals surface area contributed by atoms with Gasteiger partial charge in [0.2, 0.25) is 17.7 Å². The lowest BCUT2D eigenvalue weighted by atomic mass is 10.1. The van der Waals surface area contributed by atoms with E-state index in [0.29, 0.717) is 5.69 Å². The summed E-state index contributed by atoms with van der Waals surface area (Å²) in [6.07, 6.45) is 0.768. The molecule has 0 aliphatic rings. The molecular formula is C19H28N6O9. The molecule has 0 saturated carbocycles. The van der Waals surface area contributed by atoms with E-state index in [1.807, 2.05) is 0 Å². The Morgan fingerprint density at radius 2 is 1.35 bits per heavy atom. The van der Waals surface area contributed by atoms with Crippen LogP contribution in [0.25, 0.3) is 0 Å². The number of rotatable bonds is 15. The number of aromatic nitrogens is 2. The molecule has 188 valence electrons. The third-order valence-corrected chi connectivity index (χ3v) is 4.57. The number of hydrogen-bond acceptors (Lipinski definition) is 8. The lowest BCUT2D eigenvalue weighted by molar-refractivity contribution is -0.143. The summed E-state index contributed by atoms with van der Waals surface area (Å²) in [5.41, 5.74) is 5.87. The molecule has 15 heteroatoms. The fraction of sp³-hybridized carbons (Fsp3) is 0.526. The van der Waals surface area contributed by atoms with Crippen LogP contribution >= 0.6 is 0 Å². The Labute approximate surface area is 193 Å². The SMILES string of the molecule is CC(N)C(=O)NC(CCC(=O)O)C(=O)NC(CCC(=O)O)C(=O)NC(Cc1cnc[nH]1)C(=O)O. The predicted octanol–water partition coefficient (Wildman–Crippen LogP) is -2.43. The Balaban J connectivity index is 3.00. The van der Waals surface area contributed by atoms with E-state index in [1.54, 1.807) is 0 Å². The quantitative estimate of drug-likeness (QED) is 0.130. The Morgan fingerprint density at radius 3 is 1.74 bits per heavy atom. The van der Waals surface area contributed by atoms with Gasteiger partial charge in [-0.05, 0) is 19.8 Å². The molecule has 0 aliphatic carbocycles. The lowest BCUT2D eigenvalue weighted by Gasteiger charge is -2.24. The number of aromatic amines is 1. The van der Waals surface area contributed by atoms with Crippen LogP contribution in [0.4, 0.5) is 0 Å². The minimum atomic E-state index is -1.48. The molecule has 1 aromatic rings. The van der Waals surface area contributed by atoms with E-state index in [2.05, 4.69) is 25.9 Å². The van der Waals surface area contributed by atoms with Crippen LogP contribution in [-0.2, 0) is 35.2 Å². The van der Waals surface area contributed by atoms with Gasteiger partial charge in [0.25, 0.3) is 0 Å². The van der Waals surface area contributed by atoms with Gasteiger partial charge in [-0.2, -0.15) is 0 Å². The van der Waals surface area contributed by atoms with Crippen LogP contribution in [0, 0.1) is 0 Å². The van der Waals surface area contributed by atoms with Crippen molar-refractivity contribution in [1.29, 1.82) is 0 Å². The van der Waals surface area contributed by atoms with Crippen molar-refractivity contribution < 1.29 is 44.1 Å². The normalized spacial score (nSPS) is 14.2. The number of hydrogen-bond donors (Lipinski definition) is 8. The number of nitrogens with two attached hydrogens (primary N) is 1. The molecule has 9 N–H and O–H groups in total. The summed E-state index contributed by atoms with van der Waals surface area (Å²) < 4.78 is 0. The summed E-state index contributed by atoms with van der Waals surface area (Å²) in [7, 11) is 0. The molecule has 0 aliphatic heterocycles. The molecule has 4 atom stereocenters. The second-order valence-corrected chi connectivity index (χ2v) is 7.46. The number of carbonyl (C=O) groups is 6. The molecule has 0 saturated heterocycles. The number of H-pyrrole nitrogens is 1. The van der Waals surface area contributed by atoms with Crippen LogP contribution in [0.15, 0.2) is 12.5 Å². The molecule has 0 spiro atoms. The molecule has 4 unspecified atom stereocenters. The maximum atomic E-state index is 12.7. The molecular weight excluding hydrogens is 456 g/mol. The van der Waals surface area contributed by atoms with Crippen molar-refractivity contribution in [2.75, 3.05) is 0 Å². The zero-order valence-electron chi connectivity index (χ0n) is 18.3. The first-order valence-electron chi connectivity index (χ1n) is 10.2. The van der Waals surface area contributed by atoms with Crippen LogP contribution in [0.5, 0.6) is 0 Å². The van der Waals surface area contributed by atoms with E-state index in [0.717, 1.165) is 0 Å². The first kappa shape index (κ1) is 28.0. The number of amides is 3. The molecule has 34 heavy (non-hydrogen) atoms. The van der Waals surface area contributed by atoms with Crippen molar-refractivity contribution >= 4 is 35.6 Å². The summed E-state index contributed by atoms with van der Waals surface area (Å²) >= 11 is 0. The van der Waals surface area contributed by atoms with Crippen LogP contribution in [0.1, 0.15) is 38.3 Å². The number of nitrogens with zero attached hydrogens (tertiary/aromatic N) is 1. The second-order valence-electron chi connectivity index (χ2n) is 7.46. The largest absolute Gasteiger partial charge is 0.481 e. The molecule has 0 bridgehead atoms. The molecule has 15 nitrogen and oxygen atoms in total. The fourth-order valence-corrected chi connectivity index (χ4v) is 2.74. The number of imidazole rings is 1. The highest BCUT2D eigenvalue weighted by molar-refractivity contribution is 5.94. The van der Waals surface area contributed by atoms with E-state index >= 15 is 0 Å². The predicted molar refractivity (Wildman–Crippen MR) is 113 cm³/mol. The van der Waals surface area contributed by atoms with Gasteiger partial charge in [-0.3, -0.25) is 24.0 Å². The van der Waals surface area contributed by atoms with E-state index in [9.17, 15) is 33.9 Å². The van der Waals surface area contributed by atoms with Gasteiger partial charge in [-0.25, -0.2) is 9.78 Å². The van der Waals surface area contributed by atoms with Gasteiger partial charge < -0.3 is 42.0 Å². The molecule has 0 radical (unpaired) electrons. The maximum absolute atomic E-state index is 12.7. The van der Waals surface area contributed by atoms with E-state index in [-0.39, 0.29) is 12.8 Å². The van der Waals surface area contributed by atoms with E-state index in [1.165, 1.54) is 19.4 Å². The summed E-state index contributed by atoms with van der Waals surface area (Å²) in [5.74, 6) is -6.57. The van der Waals surface area contributed by atoms with Crippen LogP contribution in [0.3, 0.4) is 0 Å². The van der Waals surface area contributed by atoms with Crippen molar-refractivity contribution in [2.45, 2.75) is 63.2 Å². The summed E-state index contributed by atoms with van der Waals surface area (Å²) in [4.78, 5) is 77.3. The van der Waals surface area contributed by atoms with Crippen molar-refractivity contribution in [3.05, 3.63) is 18.2 Å². The molecule has 0 aromatic carbocycles. The maximum Gasteiger partial charge on any atom is 0.326 e. The average Bonchev–Trinajstić information content (AvgIpc) is 3.25. The Bertz CT molecular complexity index is 887. The Morgan fingerprint density at radius 1 is 0.882 bits per heavy atom. The van der Waals surface area contributed by atoms with Crippen LogP contribution < -0.4 is 21.7 Å². The van der Waals surface area contributed by atoms with Crippen molar-refractivity contribution in [3.8, 4) is 0 Å². The molecule has 1 rings (SSSR count). The third kappa shape index (κ3) is 10.1. The summed E-state index contributed by atoms with van der Waals surface area (Å²) in [5, 5.41) is 34.1. The molecule has 1 aromatic heterocycles. The fourth-order valence-electron chi connectivity index (χ4n) is 2.74. The molecule has 3 amide bonds. The lowest BCUT2D eigenvalue weighted by Crippen LogP contribution is -2.57. The first-order chi connectivity index (χ1) is 15.9. The molecule has 1 heterocycles. The van der Waals surface area contributed by atoms with Crippen LogP contribution in [0.2, 0.25) is 0 Å². The van der Waals surface area contributed by atoms with Gasteiger partial charge in [-0.1, -0.05) is 0 Å². The van der Waals surface area contributed by atoms with Crippen molar-refractivity contribution in [3.63, 3.8) is 0 Å². The Kier molecular flexibility index (Phi) is 11.1. The number of carboxylic acid groups (broad SMARTS) is 3. The summed E-state index contributed by atoms with van der Waals surface area (Å²) in [6.45, 7) is 1.34. The third-order valence-electron chi connectivity index (χ3n) is 4.57. The van der Waals surface area contributed by atoms with Gasteiger partial charge in [0.15, 0.2) is 0 Å². The van der Waals surface area contributed by atoms with E-state index < -0.39 is 79.1 Å². The minimum Gasteiger partial charge on any atom is -0.481 e. The Hall–Kier alpha value is -4.01. The van der Waals surface area contributed by atoms with Crippen molar-refractivity contribution in [2.24, 2.45) is 5.73 Å². The number of aliphatic carboxylic acids is 3. The smallest absolute Gasteiger partial charge is 0.326 e. The van der Waals surface area contributed by atoms with Gasteiger partial charge in [0.05, 0.1) is 12.4 Å². The minimum absolute atomic E-state index is 0.160. The second kappa shape index (κ2) is 13.5. The van der Waals surface area contributed by atoms with Crippen molar-refractivity contribution in [1.82, 2.24) is 25.9 Å². The number of carbonyl (C=O) groups excluding carboxylic acids is 3. The highest BCUT2D eigenvalue weighted by Crippen LogP contribution is 2.06. The van der Waals surface area contributed by atoms with Gasteiger partial charge in [0, 0.05) is 31.2 Å². The summed E-state index contributed by atoms with van der Waals surface area (Å²) in [6, 6.07) is -5.29. The number of carboxylic acids is 3. The average molecular weight is 484 g/mol. The van der Waals surface area contributed by atoms with Gasteiger partial charge in [-0.15, -0.1) is 0 Å². The monoisotopic (exact) mass is 484 g/mol. The van der Waals surface area contributed by atoms with Crippen LogP contribution in [-0.4, -0.2) is 85.1 Å². The number of nitrogens with one attached hydrogen (secondary N) is 4. The van der Waals surface area contributed by atoms with Gasteiger partial charge in [0.1, 0.15) is 18.1 Å². The zero-order valence-corrected chi connectivity index (χ0v) is 18.3. The molecule has 0 fully saturated rings. The highest BCUT2D eigenvalue weighted by atomic mass is 16.4. The van der Waals surface area contributed by atoms with E-state index in [4.69, 9.17) is 15.9 Å².